The zero-order chi connectivity index (χ0) is 6.20. The summed E-state index contributed by atoms with van der Waals surface area (Å²) in [5, 5.41) is 0. The van der Waals surface area contributed by atoms with Gasteiger partial charge in [0.15, 0.2) is 6.29 Å². The second-order valence-electron chi connectivity index (χ2n) is 1.33. The fraction of sp³-hybridized carbons (Fsp3) is 1.00. The van der Waals surface area contributed by atoms with E-state index in [1.807, 2.05) is 0 Å². The van der Waals surface area contributed by atoms with Gasteiger partial charge in [0.2, 0.25) is 0 Å². The highest BCUT2D eigenvalue weighted by Gasteiger charge is 2.39. The smallest absolute Gasteiger partial charge is 0.345 e. The lowest BCUT2D eigenvalue weighted by atomic mass is 10.9. The molecule has 0 aromatic heterocycles. The standard InChI is InChI=1S/C3H3F3O2/c4-3(5,6)8-2-1-7-2/h2H,1H2. The lowest BCUT2D eigenvalue weighted by molar-refractivity contribution is -0.339. The molecular formula is C3H3F3O2. The van der Waals surface area contributed by atoms with E-state index in [2.05, 4.69) is 9.47 Å². The quantitative estimate of drug-likeness (QED) is 0.489. The normalized spacial score (nSPS) is 28.1. The maximum absolute atomic E-state index is 11.0. The third-order valence-electron chi connectivity index (χ3n) is 0.568. The fourth-order valence-electron chi connectivity index (χ4n) is 0.256. The number of hydrogen-bond donors (Lipinski definition) is 0. The Labute approximate surface area is 43.2 Å². The van der Waals surface area contributed by atoms with Crippen molar-refractivity contribution in [2.75, 3.05) is 6.61 Å². The van der Waals surface area contributed by atoms with Crippen molar-refractivity contribution in [3.8, 4) is 0 Å². The van der Waals surface area contributed by atoms with Crippen molar-refractivity contribution in [1.82, 2.24) is 0 Å². The van der Waals surface area contributed by atoms with Crippen LogP contribution in [-0.4, -0.2) is 19.3 Å². The molecule has 0 aliphatic carbocycles. The maximum Gasteiger partial charge on any atom is 0.524 e. The molecule has 0 spiro atoms. The van der Waals surface area contributed by atoms with Crippen molar-refractivity contribution in [3.63, 3.8) is 0 Å². The van der Waals surface area contributed by atoms with Crippen molar-refractivity contribution in [2.45, 2.75) is 12.7 Å². The van der Waals surface area contributed by atoms with E-state index < -0.39 is 12.7 Å². The van der Waals surface area contributed by atoms with Gasteiger partial charge in [-0.05, 0) is 0 Å². The maximum atomic E-state index is 11.0. The molecule has 1 aliphatic rings. The fourth-order valence-corrected chi connectivity index (χ4v) is 0.256. The average Bonchev–Trinajstić information content (AvgIpc) is 2.12. The largest absolute Gasteiger partial charge is 0.524 e. The van der Waals surface area contributed by atoms with Crippen LogP contribution >= 0.6 is 0 Å². The summed E-state index contributed by atoms with van der Waals surface area (Å²) in [7, 11) is 0. The highest BCUT2D eigenvalue weighted by molar-refractivity contribution is 4.55. The van der Waals surface area contributed by atoms with Crippen LogP contribution in [0.15, 0.2) is 0 Å². The first-order valence-corrected chi connectivity index (χ1v) is 1.94. The van der Waals surface area contributed by atoms with Crippen molar-refractivity contribution in [3.05, 3.63) is 0 Å². The molecule has 1 aliphatic heterocycles. The van der Waals surface area contributed by atoms with Gasteiger partial charge >= 0.3 is 6.36 Å². The second kappa shape index (κ2) is 1.60. The van der Waals surface area contributed by atoms with Crippen LogP contribution < -0.4 is 0 Å². The molecule has 0 bridgehead atoms. The molecule has 5 heteroatoms. The van der Waals surface area contributed by atoms with Crippen molar-refractivity contribution in [2.24, 2.45) is 0 Å². The summed E-state index contributed by atoms with van der Waals surface area (Å²) in [6, 6.07) is 0. The Kier molecular flexibility index (Phi) is 1.16. The van der Waals surface area contributed by atoms with Crippen LogP contribution in [0.4, 0.5) is 13.2 Å². The topological polar surface area (TPSA) is 21.8 Å². The first-order chi connectivity index (χ1) is 3.58. The van der Waals surface area contributed by atoms with E-state index in [1.54, 1.807) is 0 Å². The summed E-state index contributed by atoms with van der Waals surface area (Å²) < 4.78 is 40.6. The number of hydrogen-bond acceptors (Lipinski definition) is 2. The van der Waals surface area contributed by atoms with Gasteiger partial charge in [-0.15, -0.1) is 13.2 Å². The van der Waals surface area contributed by atoms with Gasteiger partial charge in [-0.25, -0.2) is 0 Å². The highest BCUT2D eigenvalue weighted by Crippen LogP contribution is 2.24. The number of ether oxygens (including phenoxy) is 2. The minimum Gasteiger partial charge on any atom is -0.345 e. The summed E-state index contributed by atoms with van der Waals surface area (Å²) in [5.41, 5.74) is 0. The van der Waals surface area contributed by atoms with Gasteiger partial charge in [0.1, 0.15) is 6.61 Å². The molecule has 2 nitrogen and oxygen atoms in total. The Hall–Kier alpha value is -0.290. The van der Waals surface area contributed by atoms with Crippen LogP contribution in [0.1, 0.15) is 0 Å². The van der Waals surface area contributed by atoms with E-state index in [1.165, 1.54) is 0 Å². The first kappa shape index (κ1) is 5.84. The molecule has 0 amide bonds. The predicted molar refractivity (Wildman–Crippen MR) is 16.9 cm³/mol. The van der Waals surface area contributed by atoms with E-state index >= 15 is 0 Å². The van der Waals surface area contributed by atoms with Crippen molar-refractivity contribution in [1.29, 1.82) is 0 Å². The third kappa shape index (κ3) is 2.13. The molecule has 0 saturated carbocycles. The number of halogens is 3. The average molecular weight is 128 g/mol. The molecule has 0 aromatic carbocycles. The van der Waals surface area contributed by atoms with Crippen LogP contribution in [0, 0.1) is 0 Å². The number of epoxide rings is 1. The molecule has 0 radical (unpaired) electrons. The van der Waals surface area contributed by atoms with Gasteiger partial charge < -0.3 is 4.74 Å². The van der Waals surface area contributed by atoms with Crippen LogP contribution in [0.3, 0.4) is 0 Å². The Morgan fingerprint density at radius 2 is 2.00 bits per heavy atom. The Morgan fingerprint density at radius 3 is 2.12 bits per heavy atom. The predicted octanol–water partition coefficient (Wildman–Crippen LogP) is 0.879. The van der Waals surface area contributed by atoms with E-state index in [0.29, 0.717) is 0 Å². The summed E-state index contributed by atoms with van der Waals surface area (Å²) in [4.78, 5) is 0. The van der Waals surface area contributed by atoms with Gasteiger partial charge in [-0.2, -0.15) is 0 Å². The van der Waals surface area contributed by atoms with Crippen molar-refractivity contribution < 1.29 is 22.6 Å². The van der Waals surface area contributed by atoms with E-state index in [9.17, 15) is 13.2 Å². The lowest BCUT2D eigenvalue weighted by Crippen LogP contribution is -2.15. The zero-order valence-electron chi connectivity index (χ0n) is 3.73. The van der Waals surface area contributed by atoms with Gasteiger partial charge in [0.25, 0.3) is 0 Å². The van der Waals surface area contributed by atoms with Gasteiger partial charge in [-0.1, -0.05) is 0 Å². The number of rotatable bonds is 1. The van der Waals surface area contributed by atoms with Crippen LogP contribution in [-0.2, 0) is 9.47 Å². The molecule has 8 heavy (non-hydrogen) atoms. The molecule has 1 saturated heterocycles. The molecule has 1 atom stereocenters. The monoisotopic (exact) mass is 128 g/mol. The zero-order valence-corrected chi connectivity index (χ0v) is 3.73. The first-order valence-electron chi connectivity index (χ1n) is 1.94. The summed E-state index contributed by atoms with van der Waals surface area (Å²) in [6.07, 6.45) is -5.57. The van der Waals surface area contributed by atoms with Gasteiger partial charge in [0.05, 0.1) is 0 Å². The SMILES string of the molecule is FC(F)(F)OC1CO1. The molecule has 0 N–H and O–H groups in total. The van der Waals surface area contributed by atoms with E-state index in [-0.39, 0.29) is 6.61 Å². The Bertz CT molecular complexity index is 85.0. The molecule has 1 unspecified atom stereocenters. The summed E-state index contributed by atoms with van der Waals surface area (Å²) in [6.45, 7) is 0.0551. The number of alkyl halides is 3. The molecular weight excluding hydrogens is 125 g/mol. The molecule has 1 fully saturated rings. The van der Waals surface area contributed by atoms with Crippen molar-refractivity contribution >= 4 is 0 Å². The van der Waals surface area contributed by atoms with Crippen LogP contribution in [0.25, 0.3) is 0 Å². The van der Waals surface area contributed by atoms with Gasteiger partial charge in [-0.3, -0.25) is 4.74 Å². The molecule has 48 valence electrons. The van der Waals surface area contributed by atoms with Gasteiger partial charge in [0, 0.05) is 0 Å². The third-order valence-corrected chi connectivity index (χ3v) is 0.568. The highest BCUT2D eigenvalue weighted by atomic mass is 19.4. The van der Waals surface area contributed by atoms with Crippen LogP contribution in [0.2, 0.25) is 0 Å². The Balaban J connectivity index is 2.16. The van der Waals surface area contributed by atoms with E-state index in [0.717, 1.165) is 0 Å². The second-order valence-corrected chi connectivity index (χ2v) is 1.33. The minimum absolute atomic E-state index is 0.0551. The minimum atomic E-state index is -4.54. The summed E-state index contributed by atoms with van der Waals surface area (Å²) in [5.74, 6) is 0. The molecule has 1 heterocycles. The molecule has 1 rings (SSSR count). The van der Waals surface area contributed by atoms with Crippen LogP contribution in [0.5, 0.6) is 0 Å². The van der Waals surface area contributed by atoms with E-state index in [4.69, 9.17) is 0 Å². The summed E-state index contributed by atoms with van der Waals surface area (Å²) >= 11 is 0. The lowest BCUT2D eigenvalue weighted by Gasteiger charge is -2.01. The Morgan fingerprint density at radius 1 is 1.50 bits per heavy atom. The molecule has 0 aromatic rings.